The summed E-state index contributed by atoms with van der Waals surface area (Å²) >= 11 is 1.69. The Bertz CT molecular complexity index is 8610. The third-order valence-electron chi connectivity index (χ3n) is 22.7. The number of benzene rings is 8. The topological polar surface area (TPSA) is 368 Å². The van der Waals surface area contributed by atoms with Crippen molar-refractivity contribution in [3.8, 4) is 79.3 Å². The van der Waals surface area contributed by atoms with Gasteiger partial charge in [0.15, 0.2) is 57.2 Å². The summed E-state index contributed by atoms with van der Waals surface area (Å²) in [7, 11) is 3.23. The SMILES string of the molecule is COc1ccc2c(OCc3cnc4ccc(-c5ccc(F)c(F)c5)nn34)ccnc2c1.COc1ccc2c(OCc3cnc4ccc(-c5cccc(F)c5)nn34)ccnc2c1.c1ccc(-c2ccc3ncc(CNc4ccnc5ccsc45)n3n2)cc1.c1ccc(-c2ccc3nnc(CNc4ccnc5nc[nH]c45)n3n2)cc1.c1ccc(Nc2nccc(NCc3nnc4ccc(-c5ccccc5)nn34)n2)cc1. The summed E-state index contributed by atoms with van der Waals surface area (Å²) in [4.78, 5) is 46.6. The van der Waals surface area contributed by atoms with Gasteiger partial charge in [0.25, 0.3) is 0 Å². The molecule has 0 saturated heterocycles. The number of para-hydroxylation sites is 1. The number of rotatable bonds is 24. The van der Waals surface area contributed by atoms with Gasteiger partial charge in [-0.15, -0.1) is 31.7 Å². The van der Waals surface area contributed by atoms with Crippen molar-refractivity contribution >= 4 is 112 Å². The van der Waals surface area contributed by atoms with Crippen molar-refractivity contribution in [3.63, 3.8) is 0 Å². The van der Waals surface area contributed by atoms with E-state index in [1.807, 2.05) is 247 Å². The third kappa shape index (κ3) is 20.5. The van der Waals surface area contributed by atoms with E-state index >= 15 is 0 Å². The average Bonchev–Trinajstić information content (AvgIpc) is 1.20. The summed E-state index contributed by atoms with van der Waals surface area (Å²) in [5.41, 5.74) is 21.2. The number of imidazole rings is 4. The highest BCUT2D eigenvalue weighted by molar-refractivity contribution is 7.17. The summed E-state index contributed by atoms with van der Waals surface area (Å²) in [6.45, 7) is 2.02. The maximum Gasteiger partial charge on any atom is 0.229 e. The number of methoxy groups -OCH3 is 2. The lowest BCUT2D eigenvalue weighted by molar-refractivity contribution is 0.302. The van der Waals surface area contributed by atoms with Crippen molar-refractivity contribution in [1.29, 1.82) is 0 Å². The molecule has 0 unspecified atom stereocenters. The monoisotopic (exact) mass is 1910 g/mol. The van der Waals surface area contributed by atoms with Crippen LogP contribution in [0.25, 0.3) is 128 Å². The molecule has 17 aromatic heterocycles. The van der Waals surface area contributed by atoms with E-state index in [0.29, 0.717) is 111 Å². The van der Waals surface area contributed by atoms with Crippen LogP contribution in [0.5, 0.6) is 23.0 Å². The minimum absolute atomic E-state index is 0.209. The van der Waals surface area contributed by atoms with E-state index in [4.69, 9.17) is 29.1 Å². The van der Waals surface area contributed by atoms with E-state index in [9.17, 15) is 13.2 Å². The van der Waals surface area contributed by atoms with E-state index in [1.165, 1.54) is 22.9 Å². The number of aromatic nitrogens is 25. The molecule has 37 heteroatoms. The molecule has 0 aliphatic rings. The number of nitrogens with one attached hydrogen (secondary N) is 5. The van der Waals surface area contributed by atoms with E-state index < -0.39 is 11.6 Å². The maximum absolute atomic E-state index is 13.6. The van der Waals surface area contributed by atoms with Crippen LogP contribution in [-0.4, -0.2) is 138 Å². The number of nitrogens with zero attached hydrogens (tertiary/aromatic N) is 24. The zero-order valence-corrected chi connectivity index (χ0v) is 76.8. The quantitative estimate of drug-likeness (QED) is 0.0375. The van der Waals surface area contributed by atoms with Crippen LogP contribution >= 0.6 is 11.3 Å². The summed E-state index contributed by atoms with van der Waals surface area (Å²) in [6, 6.07) is 91.6. The lowest BCUT2D eigenvalue weighted by Gasteiger charge is -2.10. The van der Waals surface area contributed by atoms with Crippen molar-refractivity contribution < 1.29 is 32.1 Å². The summed E-state index contributed by atoms with van der Waals surface area (Å²) in [5.74, 6) is 3.32. The number of ether oxygens (including phenoxy) is 4. The van der Waals surface area contributed by atoms with Gasteiger partial charge < -0.3 is 45.2 Å². The summed E-state index contributed by atoms with van der Waals surface area (Å²) in [6.07, 6.45) is 15.5. The van der Waals surface area contributed by atoms with Crippen LogP contribution in [0.2, 0.25) is 0 Å². The third-order valence-corrected chi connectivity index (χ3v) is 23.7. The Morgan fingerprint density at radius 3 is 1.39 bits per heavy atom. The molecule has 8 aromatic carbocycles. The van der Waals surface area contributed by atoms with Crippen molar-refractivity contribution in [3.05, 3.63) is 405 Å². The van der Waals surface area contributed by atoms with E-state index in [2.05, 4.69) is 129 Å². The van der Waals surface area contributed by atoms with Crippen LogP contribution in [0.3, 0.4) is 0 Å². The highest BCUT2D eigenvalue weighted by Crippen LogP contribution is 2.34. The molecular formula is C106H80F3N29O4S. The Morgan fingerprint density at radius 1 is 0.357 bits per heavy atom. The van der Waals surface area contributed by atoms with Crippen molar-refractivity contribution in [1.82, 2.24) is 123 Å². The number of hydrogen-bond acceptors (Lipinski definition) is 28. The highest BCUT2D eigenvalue weighted by Gasteiger charge is 2.19. The van der Waals surface area contributed by atoms with Crippen molar-refractivity contribution in [2.75, 3.05) is 35.5 Å². The average molecular weight is 1910 g/mol. The second kappa shape index (κ2) is 41.6. The second-order valence-electron chi connectivity index (χ2n) is 31.9. The van der Waals surface area contributed by atoms with Crippen LogP contribution in [0.15, 0.2) is 359 Å². The van der Waals surface area contributed by atoms with Gasteiger partial charge in [-0.05, 0) is 169 Å². The number of H-pyrrole nitrogens is 1. The van der Waals surface area contributed by atoms with Gasteiger partial charge in [0.05, 0.1) is 126 Å². The molecule has 17 heterocycles. The van der Waals surface area contributed by atoms with Gasteiger partial charge in [-0.1, -0.05) is 121 Å². The number of pyridine rings is 4. The zero-order chi connectivity index (χ0) is 96.7. The smallest absolute Gasteiger partial charge is 0.229 e. The molecule has 0 fully saturated rings. The van der Waals surface area contributed by atoms with Crippen LogP contribution in [-0.2, 0) is 32.8 Å². The predicted molar refractivity (Wildman–Crippen MR) is 540 cm³/mol. The van der Waals surface area contributed by atoms with Gasteiger partial charge in [0.2, 0.25) is 5.95 Å². The number of hydrogen-bond donors (Lipinski definition) is 5. The number of anilines is 5. The number of fused-ring (bicyclic) bond motifs is 9. The largest absolute Gasteiger partial charge is 0.497 e. The molecule has 700 valence electrons. The molecule has 143 heavy (non-hydrogen) atoms. The molecule has 0 aliphatic heterocycles. The first-order valence-corrected chi connectivity index (χ1v) is 45.7. The summed E-state index contributed by atoms with van der Waals surface area (Å²) < 4.78 is 73.0. The van der Waals surface area contributed by atoms with Gasteiger partial charge in [0, 0.05) is 87.4 Å². The minimum atomic E-state index is -0.921. The minimum Gasteiger partial charge on any atom is -0.497 e. The molecule has 33 nitrogen and oxygen atoms in total. The lowest BCUT2D eigenvalue weighted by Crippen LogP contribution is -2.08. The normalized spacial score (nSPS) is 11.1. The summed E-state index contributed by atoms with van der Waals surface area (Å²) in [5, 5.41) is 57.3. The van der Waals surface area contributed by atoms with Gasteiger partial charge in [-0.2, -0.15) is 39.5 Å². The van der Waals surface area contributed by atoms with Crippen molar-refractivity contribution in [2.45, 2.75) is 32.8 Å². The fraction of sp³-hybridized carbons (Fsp3) is 0.0660. The first kappa shape index (κ1) is 90.0. The Hall–Kier alpha value is -19.5. The Labute approximate surface area is 814 Å². The molecule has 5 N–H and O–H groups in total. The lowest BCUT2D eigenvalue weighted by atomic mass is 10.1. The van der Waals surface area contributed by atoms with Crippen LogP contribution < -0.4 is 40.2 Å². The van der Waals surface area contributed by atoms with E-state index in [-0.39, 0.29) is 19.0 Å². The van der Waals surface area contributed by atoms with Gasteiger partial charge >= 0.3 is 0 Å². The maximum atomic E-state index is 13.6. The first-order valence-electron chi connectivity index (χ1n) is 44.8. The molecular weight excluding hydrogens is 1830 g/mol. The second-order valence-corrected chi connectivity index (χ2v) is 32.8. The molecule has 0 aliphatic carbocycles. The number of aromatic amines is 1. The molecule has 0 spiro atoms. The molecule has 0 bridgehead atoms. The van der Waals surface area contributed by atoms with Gasteiger partial charge in [-0.3, -0.25) is 15.0 Å². The van der Waals surface area contributed by atoms with E-state index in [1.54, 1.807) is 111 Å². The van der Waals surface area contributed by atoms with Crippen LogP contribution in [0, 0.1) is 17.5 Å². The Balaban J connectivity index is 0.000000106. The van der Waals surface area contributed by atoms with E-state index in [0.717, 1.165) is 124 Å². The standard InChI is InChI=1S/C23H16F2N4O2.C23H17FN4O2.C22H18N8.C20H15N5S.C18H14N8/c1-30-16-3-4-17-21(11-16)26-9-8-22(17)31-13-15-12-27-23-7-6-20(28-29(15)23)14-2-5-18(24)19(25)10-14;1-29-18-5-6-19-21(12-18)25-10-9-22(19)30-14-17-13-26-23-8-7-20(27-28(17)23)15-3-2-4-16(24)11-15;1-3-7-16(8-4-1)18-11-12-20-27-28-21(30(20)29-18)15-24-19-13-14-23-22(26-19)25-17-9-5-2-6-10-17;1-2-4-14(5-3-1)16-6-7-19-23-13-15(25(19)24-16)12-22-17-8-10-21-18-9-11-26-20(17)18;1-2-4-12(5-3-1)13-6-7-15-23-24-16(26(15)25-13)10-20-14-8-9-19-18-17(14)21-11-22-18/h2-12H,13H2,1H3;2-13H,14H2,1H3;1-14H,15H2,(H2,23,24,25,26);1-11,13H,12H2,(H,21,22);1-9,11H,10H2,(H2,19,20,21,22). The molecule has 0 saturated carbocycles. The van der Waals surface area contributed by atoms with Gasteiger partial charge in [0.1, 0.15) is 64.8 Å². The fourth-order valence-electron chi connectivity index (χ4n) is 15.6. The molecule has 25 aromatic rings. The van der Waals surface area contributed by atoms with Gasteiger partial charge in [-0.25, -0.2) is 56.6 Å². The molecule has 25 rings (SSSR count). The Morgan fingerprint density at radius 2 is 0.832 bits per heavy atom. The number of thiophene rings is 1. The van der Waals surface area contributed by atoms with Crippen LogP contribution in [0.4, 0.5) is 42.0 Å². The fourth-order valence-corrected chi connectivity index (χ4v) is 16.4. The van der Waals surface area contributed by atoms with Crippen LogP contribution in [0.1, 0.15) is 28.7 Å². The highest BCUT2D eigenvalue weighted by atomic mass is 32.1. The zero-order valence-electron chi connectivity index (χ0n) is 76.0. The molecule has 0 atom stereocenters. The first-order chi connectivity index (χ1) is 70.4. The molecule has 0 amide bonds. The Kier molecular flexibility index (Phi) is 26.2. The molecule has 0 radical (unpaired) electrons. The van der Waals surface area contributed by atoms with Crippen molar-refractivity contribution in [2.24, 2.45) is 0 Å². The predicted octanol–water partition coefficient (Wildman–Crippen LogP) is 20.7. The number of halogens is 3.